The predicted molar refractivity (Wildman–Crippen MR) is 189 cm³/mol. The third-order valence-corrected chi connectivity index (χ3v) is 11.1. The SMILES string of the molecule is CCCCCCCCCCCCc1csc(-c2sc(C)c(CCCCCCCCCCCC)c2-c2ccccc2)c1. The highest BCUT2D eigenvalue weighted by Gasteiger charge is 2.19. The van der Waals surface area contributed by atoms with E-state index in [0.717, 1.165) is 0 Å². The molecule has 0 aliphatic rings. The van der Waals surface area contributed by atoms with Crippen LogP contribution in [-0.2, 0) is 12.8 Å². The summed E-state index contributed by atoms with van der Waals surface area (Å²) in [6.45, 7) is 6.97. The molecule has 0 saturated carbocycles. The van der Waals surface area contributed by atoms with Gasteiger partial charge in [-0.25, -0.2) is 0 Å². The maximum Gasteiger partial charge on any atom is 0.0526 e. The molecule has 0 saturated heterocycles. The van der Waals surface area contributed by atoms with E-state index in [0.29, 0.717) is 0 Å². The number of hydrogen-bond donors (Lipinski definition) is 0. The van der Waals surface area contributed by atoms with E-state index in [9.17, 15) is 0 Å². The van der Waals surface area contributed by atoms with Gasteiger partial charge in [0.1, 0.15) is 0 Å². The molecular formula is C39H60S2. The fraction of sp³-hybridized carbons (Fsp3) is 0.641. The fourth-order valence-corrected chi connectivity index (χ4v) is 8.49. The van der Waals surface area contributed by atoms with Crippen LogP contribution >= 0.6 is 22.7 Å². The van der Waals surface area contributed by atoms with Gasteiger partial charge in [-0.3, -0.25) is 0 Å². The number of rotatable bonds is 24. The van der Waals surface area contributed by atoms with E-state index >= 15 is 0 Å². The van der Waals surface area contributed by atoms with Crippen molar-refractivity contribution in [2.45, 2.75) is 162 Å². The van der Waals surface area contributed by atoms with Crippen molar-refractivity contribution in [2.75, 3.05) is 0 Å². The first kappa shape index (κ1) is 34.1. The first-order chi connectivity index (χ1) is 20.2. The van der Waals surface area contributed by atoms with Crippen LogP contribution in [0.25, 0.3) is 20.9 Å². The molecule has 41 heavy (non-hydrogen) atoms. The van der Waals surface area contributed by atoms with E-state index in [-0.39, 0.29) is 0 Å². The van der Waals surface area contributed by atoms with Crippen LogP contribution in [0.15, 0.2) is 41.8 Å². The molecule has 0 unspecified atom stereocenters. The summed E-state index contributed by atoms with van der Waals surface area (Å²) >= 11 is 4.01. The Morgan fingerprint density at radius 1 is 0.561 bits per heavy atom. The van der Waals surface area contributed by atoms with Crippen LogP contribution in [0.4, 0.5) is 0 Å². The maximum absolute atomic E-state index is 2.51. The summed E-state index contributed by atoms with van der Waals surface area (Å²) in [5.74, 6) is 0. The minimum Gasteiger partial charge on any atom is -0.143 e. The van der Waals surface area contributed by atoms with Crippen LogP contribution < -0.4 is 0 Å². The number of unbranched alkanes of at least 4 members (excludes halogenated alkanes) is 18. The largest absolute Gasteiger partial charge is 0.143 e. The minimum atomic E-state index is 1.22. The Labute approximate surface area is 262 Å². The smallest absolute Gasteiger partial charge is 0.0526 e. The molecule has 3 aromatic rings. The first-order valence-electron chi connectivity index (χ1n) is 17.5. The molecule has 3 rings (SSSR count). The highest BCUT2D eigenvalue weighted by Crippen LogP contribution is 2.45. The van der Waals surface area contributed by atoms with Gasteiger partial charge in [0.05, 0.1) is 4.88 Å². The van der Waals surface area contributed by atoms with Crippen molar-refractivity contribution in [1.29, 1.82) is 0 Å². The Balaban J connectivity index is 1.49. The molecular weight excluding hydrogens is 533 g/mol. The second kappa shape index (κ2) is 21.3. The third kappa shape index (κ3) is 12.8. The summed E-state index contributed by atoms with van der Waals surface area (Å²) in [6, 6.07) is 13.7. The minimum absolute atomic E-state index is 1.22. The molecule has 0 fully saturated rings. The van der Waals surface area contributed by atoms with Gasteiger partial charge in [0.2, 0.25) is 0 Å². The molecule has 0 aliphatic carbocycles. The number of benzene rings is 1. The second-order valence-electron chi connectivity index (χ2n) is 12.4. The van der Waals surface area contributed by atoms with Gasteiger partial charge in [-0.2, -0.15) is 0 Å². The van der Waals surface area contributed by atoms with E-state index in [1.54, 1.807) is 11.1 Å². The lowest BCUT2D eigenvalue weighted by Crippen LogP contribution is -1.91. The Bertz CT molecular complexity index is 1040. The summed E-state index contributed by atoms with van der Waals surface area (Å²) in [7, 11) is 0. The maximum atomic E-state index is 2.51. The Hall–Kier alpha value is -1.38. The molecule has 1 aromatic carbocycles. The zero-order valence-corrected chi connectivity index (χ0v) is 28.5. The van der Waals surface area contributed by atoms with Gasteiger partial charge in [0, 0.05) is 15.3 Å². The van der Waals surface area contributed by atoms with Gasteiger partial charge in [0.25, 0.3) is 0 Å². The molecule has 0 radical (unpaired) electrons. The lowest BCUT2D eigenvalue weighted by molar-refractivity contribution is 0.556. The number of aryl methyl sites for hydroxylation is 2. The lowest BCUT2D eigenvalue weighted by atomic mass is 9.95. The van der Waals surface area contributed by atoms with Crippen molar-refractivity contribution in [3.8, 4) is 20.9 Å². The summed E-state index contributed by atoms with van der Waals surface area (Å²) in [6.07, 6.45) is 30.6. The van der Waals surface area contributed by atoms with Gasteiger partial charge in [-0.05, 0) is 60.7 Å². The zero-order chi connectivity index (χ0) is 29.0. The van der Waals surface area contributed by atoms with Crippen molar-refractivity contribution in [3.05, 3.63) is 57.8 Å². The van der Waals surface area contributed by atoms with Gasteiger partial charge >= 0.3 is 0 Å². The highest BCUT2D eigenvalue weighted by molar-refractivity contribution is 7.22. The summed E-state index contributed by atoms with van der Waals surface area (Å²) < 4.78 is 0. The highest BCUT2D eigenvalue weighted by atomic mass is 32.1. The molecule has 2 heterocycles. The molecule has 228 valence electrons. The van der Waals surface area contributed by atoms with Crippen molar-refractivity contribution in [2.24, 2.45) is 0 Å². The average Bonchev–Trinajstić information content (AvgIpc) is 3.59. The van der Waals surface area contributed by atoms with Crippen molar-refractivity contribution in [1.82, 2.24) is 0 Å². The van der Waals surface area contributed by atoms with Crippen LogP contribution in [0.2, 0.25) is 0 Å². The summed E-state index contributed by atoms with van der Waals surface area (Å²) in [4.78, 5) is 4.52. The van der Waals surface area contributed by atoms with E-state index in [4.69, 9.17) is 0 Å². The van der Waals surface area contributed by atoms with Crippen molar-refractivity contribution < 1.29 is 0 Å². The molecule has 0 amide bonds. The monoisotopic (exact) mass is 592 g/mol. The standard InChI is InChI=1S/C39H60S2/c1-4-6-8-10-12-14-16-18-20-23-27-34-31-37(40-32-34)39-38(35-28-24-22-25-29-35)36(33(3)41-39)30-26-21-19-17-15-13-11-9-7-5-2/h22,24-25,28-29,31-32H,4-21,23,26-27,30H2,1-3H3. The van der Waals surface area contributed by atoms with Crippen LogP contribution in [0.5, 0.6) is 0 Å². The third-order valence-electron chi connectivity index (χ3n) is 8.75. The second-order valence-corrected chi connectivity index (χ2v) is 14.5. The molecule has 0 bridgehead atoms. The van der Waals surface area contributed by atoms with Gasteiger partial charge in [-0.15, -0.1) is 22.7 Å². The normalized spacial score (nSPS) is 11.5. The molecule has 2 aromatic heterocycles. The number of hydrogen-bond acceptors (Lipinski definition) is 2. The summed E-state index contributed by atoms with van der Waals surface area (Å²) in [5.41, 5.74) is 6.08. The van der Waals surface area contributed by atoms with Crippen molar-refractivity contribution in [3.63, 3.8) is 0 Å². The van der Waals surface area contributed by atoms with Crippen LogP contribution in [0, 0.1) is 6.92 Å². The Morgan fingerprint density at radius 2 is 1.05 bits per heavy atom. The van der Waals surface area contributed by atoms with Crippen LogP contribution in [-0.4, -0.2) is 0 Å². The predicted octanol–water partition coefficient (Wildman–Crippen LogP) is 14.4. The van der Waals surface area contributed by atoms with Crippen LogP contribution in [0.3, 0.4) is 0 Å². The quantitative estimate of drug-likeness (QED) is 0.0907. The molecule has 0 atom stereocenters. The van der Waals surface area contributed by atoms with Crippen LogP contribution in [0.1, 0.15) is 158 Å². The van der Waals surface area contributed by atoms with E-state index in [2.05, 4.69) is 62.5 Å². The zero-order valence-electron chi connectivity index (χ0n) is 26.9. The molecule has 0 spiro atoms. The Morgan fingerprint density at radius 3 is 1.59 bits per heavy atom. The van der Waals surface area contributed by atoms with E-state index in [1.165, 1.54) is 167 Å². The topological polar surface area (TPSA) is 0 Å². The molecule has 0 aliphatic heterocycles. The average molecular weight is 593 g/mol. The molecule has 2 heteroatoms. The van der Waals surface area contributed by atoms with Crippen molar-refractivity contribution >= 4 is 22.7 Å². The van der Waals surface area contributed by atoms with E-state index in [1.807, 2.05) is 22.7 Å². The Kier molecular flexibility index (Phi) is 17.7. The van der Waals surface area contributed by atoms with E-state index < -0.39 is 0 Å². The lowest BCUT2D eigenvalue weighted by Gasteiger charge is -2.09. The number of thiophene rings is 2. The first-order valence-corrected chi connectivity index (χ1v) is 19.2. The molecule has 0 nitrogen and oxygen atoms in total. The summed E-state index contributed by atoms with van der Waals surface area (Å²) in [5, 5.41) is 2.44. The van der Waals surface area contributed by atoms with Gasteiger partial charge < -0.3 is 0 Å². The van der Waals surface area contributed by atoms with Gasteiger partial charge in [0.15, 0.2) is 0 Å². The molecule has 0 N–H and O–H groups in total. The fourth-order valence-electron chi connectivity index (χ4n) is 6.20. The van der Waals surface area contributed by atoms with Gasteiger partial charge in [-0.1, -0.05) is 160 Å².